The first-order valence-electron chi connectivity index (χ1n) is 5.22. The Hall–Kier alpha value is -1.36. The van der Waals surface area contributed by atoms with Gasteiger partial charge in [-0.1, -0.05) is 19.3 Å². The highest BCUT2D eigenvalue weighted by Gasteiger charge is 2.06. The van der Waals surface area contributed by atoms with Gasteiger partial charge in [0.05, 0.1) is 0 Å². The molecule has 0 unspecified atom stereocenters. The molecule has 0 saturated heterocycles. The lowest BCUT2D eigenvalue weighted by atomic mass is 9.97. The molecule has 0 aliphatic heterocycles. The highest BCUT2D eigenvalue weighted by molar-refractivity contribution is 4.82. The van der Waals surface area contributed by atoms with Crippen LogP contribution < -0.4 is 16.9 Å². The first-order chi connectivity index (χ1) is 7.18. The van der Waals surface area contributed by atoms with Crippen LogP contribution in [-0.2, 0) is 0 Å². The molecule has 1 heterocycles. The summed E-state index contributed by atoms with van der Waals surface area (Å²) in [4.78, 5) is 20.4. The van der Waals surface area contributed by atoms with Crippen molar-refractivity contribution in [3.63, 3.8) is 0 Å². The lowest BCUT2D eigenvalue weighted by molar-refractivity contribution is 0.441. The van der Waals surface area contributed by atoms with E-state index in [0.717, 1.165) is 0 Å². The summed E-state index contributed by atoms with van der Waals surface area (Å²) in [7, 11) is 0. The third kappa shape index (κ3) is 5.17. The van der Waals surface area contributed by atoms with Crippen molar-refractivity contribution in [3.05, 3.63) is 32.8 Å². The number of hydrogen-bond donors (Lipinski definition) is 3. The average molecular weight is 211 g/mol. The lowest BCUT2D eigenvalue weighted by Crippen LogP contribution is -2.22. The molecule has 5 heteroatoms. The van der Waals surface area contributed by atoms with E-state index in [4.69, 9.17) is 5.73 Å². The Balaban J connectivity index is 0.000000151. The molecule has 84 valence electrons. The second kappa shape index (κ2) is 6.19. The molecular weight excluding hydrogens is 194 g/mol. The van der Waals surface area contributed by atoms with Gasteiger partial charge in [0.15, 0.2) is 0 Å². The van der Waals surface area contributed by atoms with Gasteiger partial charge in [-0.3, -0.25) is 19.8 Å². The molecule has 4 N–H and O–H groups in total. The molecule has 2 rings (SSSR count). The van der Waals surface area contributed by atoms with Crippen molar-refractivity contribution >= 4 is 0 Å². The fraction of sp³-hybridized carbons (Fsp3) is 0.600. The van der Waals surface area contributed by atoms with E-state index in [0.29, 0.717) is 6.04 Å². The van der Waals surface area contributed by atoms with Crippen LogP contribution in [0.5, 0.6) is 0 Å². The van der Waals surface area contributed by atoms with E-state index in [9.17, 15) is 9.59 Å². The summed E-state index contributed by atoms with van der Waals surface area (Å²) in [6.07, 6.45) is 6.66. The summed E-state index contributed by atoms with van der Waals surface area (Å²) in [6.45, 7) is 0. The van der Waals surface area contributed by atoms with Gasteiger partial charge in [-0.2, -0.15) is 0 Å². The van der Waals surface area contributed by atoms with E-state index < -0.39 is 0 Å². The van der Waals surface area contributed by atoms with Crippen LogP contribution >= 0.6 is 0 Å². The Labute approximate surface area is 87.7 Å². The van der Waals surface area contributed by atoms with Crippen LogP contribution in [0.1, 0.15) is 32.1 Å². The minimum absolute atomic E-state index is 0.301. The molecule has 0 spiro atoms. The van der Waals surface area contributed by atoms with Gasteiger partial charge in [0.25, 0.3) is 11.1 Å². The molecule has 1 aliphatic rings. The maximum absolute atomic E-state index is 10.2. The highest BCUT2D eigenvalue weighted by Crippen LogP contribution is 2.14. The van der Waals surface area contributed by atoms with E-state index in [2.05, 4.69) is 10.2 Å². The van der Waals surface area contributed by atoms with Crippen molar-refractivity contribution in [1.82, 2.24) is 10.2 Å². The topological polar surface area (TPSA) is 91.7 Å². The van der Waals surface area contributed by atoms with Crippen molar-refractivity contribution in [1.29, 1.82) is 0 Å². The second-order valence-corrected chi connectivity index (χ2v) is 3.71. The van der Waals surface area contributed by atoms with Crippen LogP contribution in [0.4, 0.5) is 0 Å². The van der Waals surface area contributed by atoms with E-state index in [1.54, 1.807) is 0 Å². The predicted octanol–water partition coefficient (Wildman–Crippen LogP) is 0.341. The molecule has 1 aromatic rings. The second-order valence-electron chi connectivity index (χ2n) is 3.71. The number of aromatic amines is 2. The van der Waals surface area contributed by atoms with E-state index >= 15 is 0 Å². The summed E-state index contributed by atoms with van der Waals surface area (Å²) in [5, 5.41) is 4.21. The molecule has 1 saturated carbocycles. The monoisotopic (exact) mass is 211 g/mol. The van der Waals surface area contributed by atoms with Crippen molar-refractivity contribution in [2.45, 2.75) is 38.1 Å². The molecule has 0 aromatic carbocycles. The molecule has 1 aromatic heterocycles. The van der Waals surface area contributed by atoms with Crippen LogP contribution in [0.15, 0.2) is 21.7 Å². The van der Waals surface area contributed by atoms with E-state index in [-0.39, 0.29) is 11.1 Å². The number of aromatic nitrogens is 2. The van der Waals surface area contributed by atoms with Gasteiger partial charge >= 0.3 is 0 Å². The van der Waals surface area contributed by atoms with Crippen LogP contribution in [0, 0.1) is 0 Å². The van der Waals surface area contributed by atoms with Crippen LogP contribution in [0.3, 0.4) is 0 Å². The minimum Gasteiger partial charge on any atom is -0.328 e. The quantitative estimate of drug-likeness (QED) is 0.578. The summed E-state index contributed by atoms with van der Waals surface area (Å²) >= 11 is 0. The minimum atomic E-state index is -0.301. The molecular formula is C10H17N3O2. The molecule has 0 bridgehead atoms. The third-order valence-corrected chi connectivity index (χ3v) is 2.34. The van der Waals surface area contributed by atoms with Crippen LogP contribution in [-0.4, -0.2) is 16.2 Å². The smallest absolute Gasteiger partial charge is 0.262 e. The van der Waals surface area contributed by atoms with Crippen molar-refractivity contribution in [2.75, 3.05) is 0 Å². The molecule has 1 fully saturated rings. The Kier molecular flexibility index (Phi) is 4.83. The summed E-state index contributed by atoms with van der Waals surface area (Å²) < 4.78 is 0. The van der Waals surface area contributed by atoms with Crippen LogP contribution in [0.2, 0.25) is 0 Å². The molecule has 0 radical (unpaired) electrons. The average Bonchev–Trinajstić information content (AvgIpc) is 2.25. The van der Waals surface area contributed by atoms with Gasteiger partial charge in [-0.25, -0.2) is 0 Å². The van der Waals surface area contributed by atoms with Gasteiger partial charge in [0, 0.05) is 18.2 Å². The number of nitrogens with one attached hydrogen (secondary N) is 2. The molecule has 15 heavy (non-hydrogen) atoms. The first kappa shape index (κ1) is 11.7. The SMILES string of the molecule is NC1CCCCC1.O=c1ccc(=O)[nH][nH]1. The van der Waals surface area contributed by atoms with Gasteiger partial charge < -0.3 is 5.73 Å². The highest BCUT2D eigenvalue weighted by atomic mass is 16.1. The van der Waals surface area contributed by atoms with Gasteiger partial charge in [0.1, 0.15) is 0 Å². The Morgan fingerprint density at radius 1 is 1.00 bits per heavy atom. The fourth-order valence-corrected chi connectivity index (χ4v) is 1.49. The lowest BCUT2D eigenvalue weighted by Gasteiger charge is -2.15. The predicted molar refractivity (Wildman–Crippen MR) is 58.7 cm³/mol. The third-order valence-electron chi connectivity index (χ3n) is 2.34. The number of hydrogen-bond acceptors (Lipinski definition) is 3. The van der Waals surface area contributed by atoms with Crippen molar-refractivity contribution < 1.29 is 0 Å². The number of H-pyrrole nitrogens is 2. The molecule has 0 atom stereocenters. The summed E-state index contributed by atoms with van der Waals surface area (Å²) in [5.41, 5.74) is 5.03. The zero-order chi connectivity index (χ0) is 11.1. The molecule has 5 nitrogen and oxygen atoms in total. The van der Waals surface area contributed by atoms with Crippen molar-refractivity contribution in [2.24, 2.45) is 5.73 Å². The largest absolute Gasteiger partial charge is 0.328 e. The molecule has 0 amide bonds. The summed E-state index contributed by atoms with van der Waals surface area (Å²) in [5.74, 6) is 0. The van der Waals surface area contributed by atoms with Crippen molar-refractivity contribution in [3.8, 4) is 0 Å². The Morgan fingerprint density at radius 3 is 1.73 bits per heavy atom. The zero-order valence-corrected chi connectivity index (χ0v) is 8.66. The van der Waals surface area contributed by atoms with Gasteiger partial charge in [-0.15, -0.1) is 0 Å². The zero-order valence-electron chi connectivity index (χ0n) is 8.66. The number of nitrogens with two attached hydrogens (primary N) is 1. The maximum atomic E-state index is 10.2. The number of rotatable bonds is 0. The molecule has 1 aliphatic carbocycles. The van der Waals surface area contributed by atoms with E-state index in [1.165, 1.54) is 44.2 Å². The first-order valence-corrected chi connectivity index (χ1v) is 5.22. The standard InChI is InChI=1S/C6H13N.C4H4N2O2/c7-6-4-2-1-3-5-6;7-3-1-2-4(8)6-5-3/h6H,1-5,7H2;1-2H,(H,5,7)(H,6,8). The van der Waals surface area contributed by atoms with E-state index in [1.807, 2.05) is 0 Å². The maximum Gasteiger partial charge on any atom is 0.262 e. The normalized spacial score (nSPS) is 16.6. The Bertz CT molecular complexity index is 324. The van der Waals surface area contributed by atoms with Gasteiger partial charge in [-0.05, 0) is 12.8 Å². The Morgan fingerprint density at radius 2 is 1.47 bits per heavy atom. The fourth-order valence-electron chi connectivity index (χ4n) is 1.49. The van der Waals surface area contributed by atoms with Gasteiger partial charge in [0.2, 0.25) is 0 Å². The van der Waals surface area contributed by atoms with Crippen LogP contribution in [0.25, 0.3) is 0 Å². The summed E-state index contributed by atoms with van der Waals surface area (Å²) in [6, 6.07) is 2.87.